The van der Waals surface area contributed by atoms with Gasteiger partial charge in [0.1, 0.15) is 35.9 Å². The summed E-state index contributed by atoms with van der Waals surface area (Å²) in [4.78, 5) is 66.5. The Bertz CT molecular complexity index is 2180. The van der Waals surface area contributed by atoms with Gasteiger partial charge in [0, 0.05) is 31.1 Å². The summed E-state index contributed by atoms with van der Waals surface area (Å²) >= 11 is 0. The van der Waals surface area contributed by atoms with E-state index in [1.165, 1.54) is 6.42 Å². The fourth-order valence-electron chi connectivity index (χ4n) is 8.17. The molecule has 0 saturated heterocycles. The molecule has 0 fully saturated rings. The highest BCUT2D eigenvalue weighted by Gasteiger charge is 2.38. The first-order chi connectivity index (χ1) is 32.3. The average Bonchev–Trinajstić information content (AvgIpc) is 3.62. The molecule has 0 aromatic heterocycles. The van der Waals surface area contributed by atoms with Crippen LogP contribution in [0.1, 0.15) is 135 Å². The lowest BCUT2D eigenvalue weighted by Gasteiger charge is -2.35. The number of fused-ring (bicyclic) bond motifs is 1. The monoisotopic (exact) mass is 984 g/mol. The van der Waals surface area contributed by atoms with Crippen molar-refractivity contribution in [1.82, 2.24) is 36.6 Å². The largest absolute Gasteiger partial charge is 0.487 e. The van der Waals surface area contributed by atoms with E-state index in [2.05, 4.69) is 43.5 Å². The van der Waals surface area contributed by atoms with E-state index in [1.54, 1.807) is 48.5 Å². The summed E-state index contributed by atoms with van der Waals surface area (Å²) in [5.74, 6) is -2.73. The lowest BCUT2D eigenvalue weighted by atomic mass is 9.94. The van der Waals surface area contributed by atoms with E-state index in [0.717, 1.165) is 48.8 Å². The van der Waals surface area contributed by atoms with Gasteiger partial charge in [-0.05, 0) is 110 Å². The van der Waals surface area contributed by atoms with Crippen LogP contribution in [0.3, 0.4) is 0 Å². The minimum Gasteiger partial charge on any atom is -0.487 e. The highest BCUT2D eigenvalue weighted by Crippen LogP contribution is 2.43. The number of carbonyl (C=O) groups excluding carboxylic acids is 5. The van der Waals surface area contributed by atoms with Crippen molar-refractivity contribution >= 4 is 45.9 Å². The first kappa shape index (κ1) is 58.2. The van der Waals surface area contributed by atoms with Crippen LogP contribution in [0.25, 0.3) is 0 Å². The highest BCUT2D eigenvalue weighted by molar-refractivity contribution is 7.90. The van der Waals surface area contributed by atoms with Gasteiger partial charge < -0.3 is 46.6 Å². The number of nitrogens with two attached hydrogens (primary N) is 1. The molecule has 1 aliphatic rings. The third-order valence-corrected chi connectivity index (χ3v) is 13.8. The van der Waals surface area contributed by atoms with Crippen molar-refractivity contribution in [3.63, 3.8) is 0 Å². The maximum Gasteiger partial charge on any atom is 0.264 e. The number of nitrogens with one attached hydrogen (secondary N) is 8. The number of hydrogen-bond donors (Lipinski definition) is 9. The van der Waals surface area contributed by atoms with E-state index in [1.807, 2.05) is 51.1 Å². The number of rotatable bonds is 28. The Labute approximate surface area is 410 Å². The van der Waals surface area contributed by atoms with Crippen LogP contribution in [-0.2, 0) is 51.6 Å². The summed E-state index contributed by atoms with van der Waals surface area (Å²) in [7, 11) is -4.17. The Kier molecular flexibility index (Phi) is 22.6. The molecule has 6 atom stereocenters. The van der Waals surface area contributed by atoms with Crippen molar-refractivity contribution in [3.05, 3.63) is 58.1 Å². The highest BCUT2D eigenvalue weighted by atomic mass is 32.2. The molecule has 2 unspecified atom stereocenters. The van der Waals surface area contributed by atoms with Gasteiger partial charge in [-0.15, -0.1) is 0 Å². The zero-order valence-corrected chi connectivity index (χ0v) is 43.6. The topological polar surface area (TPSA) is 272 Å². The van der Waals surface area contributed by atoms with Gasteiger partial charge in [0.05, 0.1) is 29.0 Å². The molecule has 10 N–H and O–H groups in total. The van der Waals surface area contributed by atoms with Crippen LogP contribution in [-0.4, -0.2) is 106 Å². The molecule has 2 aromatic rings. The average molecular weight is 984 g/mol. The summed E-state index contributed by atoms with van der Waals surface area (Å²) in [5.41, 5.74) is 7.78. The zero-order chi connectivity index (χ0) is 51.7. The molecule has 0 bridgehead atoms. The first-order valence-corrected chi connectivity index (χ1v) is 25.8. The van der Waals surface area contributed by atoms with Gasteiger partial charge in [-0.2, -0.15) is 0 Å². The van der Waals surface area contributed by atoms with Gasteiger partial charge in [-0.25, -0.2) is 13.1 Å². The molecule has 19 heteroatoms. The first-order valence-electron chi connectivity index (χ1n) is 24.3. The minimum absolute atomic E-state index is 0.0626. The second-order valence-electron chi connectivity index (χ2n) is 19.8. The molecule has 4 amide bonds. The molecular weight excluding hydrogens is 903 g/mol. The summed E-state index contributed by atoms with van der Waals surface area (Å²) in [6.45, 7) is 20.1. The van der Waals surface area contributed by atoms with Gasteiger partial charge in [-0.3, -0.25) is 29.9 Å². The van der Waals surface area contributed by atoms with E-state index < -0.39 is 81.2 Å². The van der Waals surface area contributed by atoms with Crippen LogP contribution in [0, 0.1) is 32.1 Å². The molecule has 1 aliphatic heterocycles. The van der Waals surface area contributed by atoms with Crippen LogP contribution < -0.4 is 47.1 Å². The minimum atomic E-state index is -4.17. The Morgan fingerprint density at radius 3 is 2.12 bits per heavy atom. The van der Waals surface area contributed by atoms with Gasteiger partial charge in [0.2, 0.25) is 29.6 Å². The van der Waals surface area contributed by atoms with Crippen LogP contribution in [0.15, 0.2) is 35.2 Å². The van der Waals surface area contributed by atoms with Crippen LogP contribution in [0.4, 0.5) is 0 Å². The smallest absolute Gasteiger partial charge is 0.264 e. The summed E-state index contributed by atoms with van der Waals surface area (Å²) < 4.78 is 42.0. The molecule has 0 radical (unpaired) electrons. The number of amides is 4. The number of sulfonamides is 1. The van der Waals surface area contributed by atoms with Crippen molar-refractivity contribution in [2.45, 2.75) is 187 Å². The van der Waals surface area contributed by atoms with Crippen molar-refractivity contribution < 1.29 is 41.9 Å². The molecule has 0 spiro atoms. The SMILES string of the molecule is CCCCCCCCNC(=O)[C@H](Cc1ccccc1)N[C@@H](OC(C)(C)C)C(C=O)NC(=O)[C@@H](C)C(C)NC(=O)[C@H](CCCNC(=N)NS(=O)(=O)c1c(C)c(C)c2c(c1C)CC(C)(C)O2)NC(=O)CN. The van der Waals surface area contributed by atoms with Gasteiger partial charge in [-0.1, -0.05) is 76.3 Å². The maximum atomic E-state index is 13.8. The van der Waals surface area contributed by atoms with Crippen LogP contribution in [0.5, 0.6) is 5.75 Å². The lowest BCUT2D eigenvalue weighted by Crippen LogP contribution is -2.61. The van der Waals surface area contributed by atoms with Gasteiger partial charge >= 0.3 is 0 Å². The van der Waals surface area contributed by atoms with Crippen molar-refractivity contribution in [1.29, 1.82) is 5.41 Å². The second-order valence-corrected chi connectivity index (χ2v) is 21.4. The number of ether oxygens (including phenoxy) is 2. The molecule has 18 nitrogen and oxygen atoms in total. The summed E-state index contributed by atoms with van der Waals surface area (Å²) in [6, 6.07) is 5.49. The maximum absolute atomic E-state index is 13.8. The lowest BCUT2D eigenvalue weighted by molar-refractivity contribution is -0.139. The van der Waals surface area contributed by atoms with E-state index in [0.29, 0.717) is 36.1 Å². The van der Waals surface area contributed by atoms with Crippen molar-refractivity contribution in [2.24, 2.45) is 11.7 Å². The molecule has 69 heavy (non-hydrogen) atoms. The Morgan fingerprint density at radius 2 is 1.49 bits per heavy atom. The summed E-state index contributed by atoms with van der Waals surface area (Å²) in [6.07, 6.45) is 6.93. The zero-order valence-electron chi connectivity index (χ0n) is 42.8. The molecular formula is C50H81N9O9S. The Hall–Kier alpha value is -5.11. The number of carbonyl (C=O) groups is 5. The number of benzene rings is 2. The molecule has 1 heterocycles. The van der Waals surface area contributed by atoms with Gasteiger partial charge in [0.25, 0.3) is 10.0 Å². The van der Waals surface area contributed by atoms with E-state index in [9.17, 15) is 32.4 Å². The quantitative estimate of drug-likeness (QED) is 0.0193. The number of hydrogen-bond acceptors (Lipinski definition) is 12. The van der Waals surface area contributed by atoms with Crippen LogP contribution >= 0.6 is 0 Å². The molecule has 0 aliphatic carbocycles. The predicted octanol–water partition coefficient (Wildman–Crippen LogP) is 4.00. The van der Waals surface area contributed by atoms with Crippen molar-refractivity contribution in [2.75, 3.05) is 19.6 Å². The Morgan fingerprint density at radius 1 is 0.855 bits per heavy atom. The predicted molar refractivity (Wildman–Crippen MR) is 268 cm³/mol. The normalized spacial score (nSPS) is 15.8. The van der Waals surface area contributed by atoms with Crippen LogP contribution in [0.2, 0.25) is 0 Å². The third kappa shape index (κ3) is 18.3. The van der Waals surface area contributed by atoms with E-state index in [-0.39, 0.29) is 43.2 Å². The van der Waals surface area contributed by atoms with Gasteiger partial charge in [0.15, 0.2) is 0 Å². The third-order valence-electron chi connectivity index (χ3n) is 12.2. The number of guanidine groups is 1. The fourth-order valence-corrected chi connectivity index (χ4v) is 9.70. The molecule has 386 valence electrons. The molecule has 2 aromatic carbocycles. The second kappa shape index (κ2) is 26.8. The number of unbranched alkanes of at least 4 members (excludes halogenated alkanes) is 5. The van der Waals surface area contributed by atoms with E-state index in [4.69, 9.17) is 20.6 Å². The Balaban J connectivity index is 1.66. The van der Waals surface area contributed by atoms with E-state index >= 15 is 0 Å². The van der Waals surface area contributed by atoms with Crippen molar-refractivity contribution in [3.8, 4) is 5.75 Å². The number of aldehydes is 1. The molecule has 0 saturated carbocycles. The fraction of sp³-hybridized carbons (Fsp3) is 0.640. The summed E-state index contributed by atoms with van der Waals surface area (Å²) in [5, 5.41) is 25.5. The standard InChI is InChI=1S/C50H81N9O9S/c1-12-13-14-15-16-20-25-53-45(63)39(27-36-22-18-17-19-23-36)58-47(68-49(7,8)9)40(30-60)57-44(62)33(4)35(6)55-46(64)38(56-41(61)29-51)24-21-26-54-48(52)59-69(65,66)43-32(3)31(2)42-37(34(43)5)28-50(10,11)67-42/h17-19,22-23,30,33,35,38-40,47,58H,12-16,20-21,24-29,51H2,1-11H3,(H,53,63)(H,55,64)(H,56,61)(H,57,62)(H3,52,54,59)/t33-,35?,38-,39-,40?,47-/m0/s1. The molecule has 3 rings (SSSR count).